The van der Waals surface area contributed by atoms with Crippen LogP contribution < -0.4 is 0 Å². The molecule has 0 fully saturated rings. The van der Waals surface area contributed by atoms with Crippen molar-refractivity contribution < 1.29 is 80.2 Å². The third kappa shape index (κ3) is 64.1. The smallest absolute Gasteiger partial charge is 0.462 e. The van der Waals surface area contributed by atoms with E-state index in [-0.39, 0.29) is 25.7 Å². The highest BCUT2D eigenvalue weighted by atomic mass is 31.2. The highest BCUT2D eigenvalue weighted by molar-refractivity contribution is 7.47. The third-order valence-corrected chi connectivity index (χ3v) is 19.6. The Kier molecular flexibility index (Phi) is 63.7. The highest BCUT2D eigenvalue weighted by Crippen LogP contribution is 2.45. The van der Waals surface area contributed by atoms with Gasteiger partial charge in [0.1, 0.15) is 19.3 Å². The Bertz CT molecular complexity index is 1790. The maximum Gasteiger partial charge on any atom is 0.472 e. The molecule has 0 aromatic heterocycles. The number of phosphoric ester groups is 2. The predicted octanol–water partition coefficient (Wildman–Crippen LogP) is 21.2. The summed E-state index contributed by atoms with van der Waals surface area (Å²) in [4.78, 5) is 72.7. The second kappa shape index (κ2) is 65.0. The topological polar surface area (TPSA) is 237 Å². The van der Waals surface area contributed by atoms with Crippen LogP contribution in [-0.4, -0.2) is 96.7 Å². The largest absolute Gasteiger partial charge is 0.472 e. The van der Waals surface area contributed by atoms with E-state index in [0.29, 0.717) is 25.7 Å². The summed E-state index contributed by atoms with van der Waals surface area (Å²) in [7, 11) is -9.91. The van der Waals surface area contributed by atoms with Crippen LogP contribution in [0, 0.1) is 11.8 Å². The standard InChI is InChI=1S/C73H142O17P2/c1-7-11-13-15-17-19-21-23-24-26-28-30-39-45-51-57-72(77)89-68(61-83-70(75)55-49-43-37-29-27-25-22-20-18-16-14-12-8-2)63-87-91(79,80)85-59-67(74)60-86-92(81,82)88-64-69(90-73(78)58-52-46-40-34-32-36-42-48-54-66(6)10-4)62-84-71(76)56-50-44-38-33-31-35-41-47-53-65(5)9-3/h65-69,74H,7-64H2,1-6H3,(H,79,80)(H,81,82)/t65?,66?,67-,68-,69-/m1/s1. The summed E-state index contributed by atoms with van der Waals surface area (Å²) in [6.45, 7) is 9.58. The normalized spacial score (nSPS) is 14.7. The summed E-state index contributed by atoms with van der Waals surface area (Å²) in [5.74, 6) is -0.572. The van der Waals surface area contributed by atoms with E-state index in [0.717, 1.165) is 102 Å². The van der Waals surface area contributed by atoms with Crippen molar-refractivity contribution in [2.45, 2.75) is 394 Å². The fourth-order valence-corrected chi connectivity index (χ4v) is 12.6. The number of aliphatic hydroxyl groups excluding tert-OH is 1. The Morgan fingerprint density at radius 3 is 0.772 bits per heavy atom. The summed E-state index contributed by atoms with van der Waals surface area (Å²) >= 11 is 0. The first-order valence-corrected chi connectivity index (χ1v) is 41.1. The first kappa shape index (κ1) is 90.1. The van der Waals surface area contributed by atoms with E-state index in [2.05, 4.69) is 41.5 Å². The van der Waals surface area contributed by atoms with Gasteiger partial charge >= 0.3 is 39.5 Å². The lowest BCUT2D eigenvalue weighted by molar-refractivity contribution is -0.161. The van der Waals surface area contributed by atoms with Gasteiger partial charge in [-0.05, 0) is 37.5 Å². The quantitative estimate of drug-likeness (QED) is 0.0222. The monoisotopic (exact) mass is 1350 g/mol. The Labute approximate surface area is 562 Å². The molecule has 0 aliphatic heterocycles. The lowest BCUT2D eigenvalue weighted by atomic mass is 9.99. The van der Waals surface area contributed by atoms with Crippen LogP contribution in [0.4, 0.5) is 0 Å². The average molecular weight is 1350 g/mol. The molecule has 92 heavy (non-hydrogen) atoms. The van der Waals surface area contributed by atoms with Gasteiger partial charge < -0.3 is 33.8 Å². The molecule has 0 heterocycles. The Hall–Kier alpha value is -1.94. The minimum absolute atomic E-state index is 0.105. The van der Waals surface area contributed by atoms with Gasteiger partial charge in [0.25, 0.3) is 0 Å². The maximum atomic E-state index is 13.1. The van der Waals surface area contributed by atoms with E-state index in [1.807, 2.05) is 0 Å². The molecule has 0 saturated heterocycles. The molecule has 0 saturated carbocycles. The number of aliphatic hydroxyl groups is 1. The number of unbranched alkanes of at least 4 members (excludes halogenated alkanes) is 40. The molecule has 0 aliphatic carbocycles. The number of phosphoric acid groups is 2. The van der Waals surface area contributed by atoms with Gasteiger partial charge in [0.2, 0.25) is 0 Å². The molecule has 7 atom stereocenters. The van der Waals surface area contributed by atoms with Crippen LogP contribution in [0.2, 0.25) is 0 Å². The molecule has 0 aromatic carbocycles. The SMILES string of the molecule is CCCCCCCCCCCCCCCCCC(=O)O[C@H](COC(=O)CCCCCCCCCCCCCCC)COP(=O)(O)OC[C@@H](O)COP(=O)(O)OC[C@@H](COC(=O)CCCCCCCCCCC(C)CC)OC(=O)CCCCCCCCCCC(C)CC. The van der Waals surface area contributed by atoms with E-state index >= 15 is 0 Å². The van der Waals surface area contributed by atoms with Gasteiger partial charge in [-0.15, -0.1) is 0 Å². The molecule has 3 N–H and O–H groups in total. The fourth-order valence-electron chi connectivity index (χ4n) is 11.1. The molecule has 0 bridgehead atoms. The van der Waals surface area contributed by atoms with Gasteiger partial charge in [-0.2, -0.15) is 0 Å². The average Bonchev–Trinajstić information content (AvgIpc) is 1.57. The maximum absolute atomic E-state index is 13.1. The van der Waals surface area contributed by atoms with Crippen LogP contribution in [0.3, 0.4) is 0 Å². The van der Waals surface area contributed by atoms with E-state index in [9.17, 15) is 43.2 Å². The van der Waals surface area contributed by atoms with Gasteiger partial charge in [0.05, 0.1) is 26.4 Å². The molecule has 0 aromatic rings. The molecular formula is C73H142O17P2. The number of carbonyl (C=O) groups is 4. The van der Waals surface area contributed by atoms with E-state index < -0.39 is 97.5 Å². The summed E-state index contributed by atoms with van der Waals surface area (Å²) in [6, 6.07) is 0. The fraction of sp³-hybridized carbons (Fsp3) is 0.945. The van der Waals surface area contributed by atoms with Crippen LogP contribution in [0.1, 0.15) is 375 Å². The molecule has 0 amide bonds. The zero-order chi connectivity index (χ0) is 67.9. The van der Waals surface area contributed by atoms with Crippen molar-refractivity contribution >= 4 is 39.5 Å². The van der Waals surface area contributed by atoms with E-state index in [4.69, 9.17) is 37.0 Å². The molecular weight excluding hydrogens is 1210 g/mol. The van der Waals surface area contributed by atoms with Crippen molar-refractivity contribution in [2.24, 2.45) is 11.8 Å². The second-order valence-electron chi connectivity index (χ2n) is 26.8. The van der Waals surface area contributed by atoms with Gasteiger partial charge in [-0.1, -0.05) is 324 Å². The molecule has 4 unspecified atom stereocenters. The number of rotatable bonds is 72. The van der Waals surface area contributed by atoms with Crippen LogP contribution in [-0.2, 0) is 65.4 Å². The Morgan fingerprint density at radius 2 is 0.522 bits per heavy atom. The third-order valence-electron chi connectivity index (χ3n) is 17.7. The Balaban J connectivity index is 5.27. The first-order valence-electron chi connectivity index (χ1n) is 38.1. The summed E-state index contributed by atoms with van der Waals surface area (Å²) in [5.41, 5.74) is 0. The van der Waals surface area contributed by atoms with E-state index in [1.54, 1.807) is 0 Å². The van der Waals surface area contributed by atoms with Crippen molar-refractivity contribution in [1.82, 2.24) is 0 Å². The number of esters is 4. The Morgan fingerprint density at radius 1 is 0.304 bits per heavy atom. The molecule has 19 heteroatoms. The molecule has 0 rings (SSSR count). The molecule has 0 spiro atoms. The summed E-state index contributed by atoms with van der Waals surface area (Å²) < 4.78 is 68.4. The summed E-state index contributed by atoms with van der Waals surface area (Å²) in [6.07, 6.45) is 51.1. The van der Waals surface area contributed by atoms with Crippen molar-refractivity contribution in [3.8, 4) is 0 Å². The van der Waals surface area contributed by atoms with E-state index in [1.165, 1.54) is 193 Å². The second-order valence-corrected chi connectivity index (χ2v) is 29.7. The van der Waals surface area contributed by atoms with Gasteiger partial charge in [0.15, 0.2) is 12.2 Å². The van der Waals surface area contributed by atoms with Gasteiger partial charge in [0, 0.05) is 25.7 Å². The van der Waals surface area contributed by atoms with Crippen molar-refractivity contribution in [3.05, 3.63) is 0 Å². The molecule has 0 aliphatic rings. The lowest BCUT2D eigenvalue weighted by Crippen LogP contribution is -2.30. The number of carbonyl (C=O) groups excluding carboxylic acids is 4. The number of hydrogen-bond donors (Lipinski definition) is 3. The van der Waals surface area contributed by atoms with Crippen molar-refractivity contribution in [2.75, 3.05) is 39.6 Å². The van der Waals surface area contributed by atoms with Crippen LogP contribution >= 0.6 is 15.6 Å². The van der Waals surface area contributed by atoms with Crippen LogP contribution in [0.5, 0.6) is 0 Å². The van der Waals surface area contributed by atoms with Crippen molar-refractivity contribution in [1.29, 1.82) is 0 Å². The minimum atomic E-state index is -4.95. The minimum Gasteiger partial charge on any atom is -0.462 e. The predicted molar refractivity (Wildman–Crippen MR) is 372 cm³/mol. The molecule has 17 nitrogen and oxygen atoms in total. The zero-order valence-electron chi connectivity index (χ0n) is 59.9. The van der Waals surface area contributed by atoms with Gasteiger partial charge in [-0.3, -0.25) is 37.3 Å². The van der Waals surface area contributed by atoms with Crippen molar-refractivity contribution in [3.63, 3.8) is 0 Å². The molecule has 0 radical (unpaired) electrons. The first-order chi connectivity index (χ1) is 44.4. The van der Waals surface area contributed by atoms with Crippen LogP contribution in [0.25, 0.3) is 0 Å². The molecule has 546 valence electrons. The zero-order valence-corrected chi connectivity index (χ0v) is 61.6. The highest BCUT2D eigenvalue weighted by Gasteiger charge is 2.30. The summed E-state index contributed by atoms with van der Waals surface area (Å²) in [5, 5.41) is 10.6. The van der Waals surface area contributed by atoms with Gasteiger partial charge in [-0.25, -0.2) is 9.13 Å². The lowest BCUT2D eigenvalue weighted by Gasteiger charge is -2.21. The number of ether oxygens (including phenoxy) is 4. The van der Waals surface area contributed by atoms with Crippen LogP contribution in [0.15, 0.2) is 0 Å². The number of hydrogen-bond acceptors (Lipinski definition) is 15.